The second kappa shape index (κ2) is 5.50. The zero-order valence-corrected chi connectivity index (χ0v) is 11.6. The van der Waals surface area contributed by atoms with Crippen LogP contribution in [0.5, 0.6) is 11.6 Å². The number of ether oxygens (including phenoxy) is 1. The lowest BCUT2D eigenvalue weighted by Gasteiger charge is -2.12. The van der Waals surface area contributed by atoms with Crippen LogP contribution < -0.4 is 10.5 Å². The first-order valence-electron chi connectivity index (χ1n) is 5.37. The summed E-state index contributed by atoms with van der Waals surface area (Å²) in [6.45, 7) is 1.84. The van der Waals surface area contributed by atoms with Crippen molar-refractivity contribution in [3.63, 3.8) is 0 Å². The highest BCUT2D eigenvalue weighted by Crippen LogP contribution is 2.31. The van der Waals surface area contributed by atoms with E-state index in [0.717, 1.165) is 11.6 Å². The number of halogens is 2. The lowest BCUT2D eigenvalue weighted by atomic mass is 10.1. The summed E-state index contributed by atoms with van der Waals surface area (Å²) in [6.07, 6.45) is 1.57. The molecule has 1 aromatic carbocycles. The van der Waals surface area contributed by atoms with Gasteiger partial charge in [0.25, 0.3) is 0 Å². The SMILES string of the molecule is Cc1ccnc(Oc2ccc(F)cc2Cl)c1C(N)=S. The Morgan fingerprint density at radius 2 is 2.16 bits per heavy atom. The van der Waals surface area contributed by atoms with Crippen molar-refractivity contribution < 1.29 is 9.13 Å². The Morgan fingerprint density at radius 3 is 2.79 bits per heavy atom. The molecule has 98 valence electrons. The fraction of sp³-hybridized carbons (Fsp3) is 0.0769. The number of aromatic nitrogens is 1. The van der Waals surface area contributed by atoms with Crippen LogP contribution in [-0.2, 0) is 0 Å². The summed E-state index contributed by atoms with van der Waals surface area (Å²) in [5.41, 5.74) is 7.03. The van der Waals surface area contributed by atoms with Gasteiger partial charge in [-0.25, -0.2) is 9.37 Å². The number of rotatable bonds is 3. The van der Waals surface area contributed by atoms with E-state index in [1.54, 1.807) is 12.3 Å². The lowest BCUT2D eigenvalue weighted by molar-refractivity contribution is 0.460. The smallest absolute Gasteiger partial charge is 0.229 e. The number of benzene rings is 1. The van der Waals surface area contributed by atoms with E-state index in [4.69, 9.17) is 34.3 Å². The summed E-state index contributed by atoms with van der Waals surface area (Å²) in [7, 11) is 0. The molecule has 0 spiro atoms. The Kier molecular flexibility index (Phi) is 3.97. The van der Waals surface area contributed by atoms with Crippen LogP contribution >= 0.6 is 23.8 Å². The molecule has 2 aromatic rings. The Morgan fingerprint density at radius 1 is 1.42 bits per heavy atom. The molecule has 0 aliphatic rings. The number of hydrogen-bond acceptors (Lipinski definition) is 3. The first-order chi connectivity index (χ1) is 8.99. The molecule has 0 atom stereocenters. The van der Waals surface area contributed by atoms with Crippen LogP contribution in [0.1, 0.15) is 11.1 Å². The predicted molar refractivity (Wildman–Crippen MR) is 76.3 cm³/mol. The summed E-state index contributed by atoms with van der Waals surface area (Å²) in [4.78, 5) is 4.26. The Hall–Kier alpha value is -1.72. The quantitative estimate of drug-likeness (QED) is 0.879. The van der Waals surface area contributed by atoms with Crippen LogP contribution in [0.3, 0.4) is 0 Å². The van der Waals surface area contributed by atoms with Crippen LogP contribution in [-0.4, -0.2) is 9.97 Å². The Balaban J connectivity index is 2.44. The molecule has 1 heterocycles. The minimum absolute atomic E-state index is 0.150. The molecule has 0 saturated heterocycles. The maximum absolute atomic E-state index is 13.0. The molecule has 19 heavy (non-hydrogen) atoms. The molecule has 6 heteroatoms. The summed E-state index contributed by atoms with van der Waals surface area (Å²) < 4.78 is 18.5. The fourth-order valence-corrected chi connectivity index (χ4v) is 2.03. The van der Waals surface area contributed by atoms with E-state index >= 15 is 0 Å². The van der Waals surface area contributed by atoms with E-state index in [9.17, 15) is 4.39 Å². The molecule has 0 amide bonds. The van der Waals surface area contributed by atoms with Crippen molar-refractivity contribution in [2.45, 2.75) is 6.92 Å². The first kappa shape index (κ1) is 13.7. The lowest BCUT2D eigenvalue weighted by Crippen LogP contribution is -2.13. The average molecular weight is 297 g/mol. The monoisotopic (exact) mass is 296 g/mol. The van der Waals surface area contributed by atoms with Gasteiger partial charge in [0.2, 0.25) is 5.88 Å². The molecule has 0 bridgehead atoms. The highest BCUT2D eigenvalue weighted by Gasteiger charge is 2.13. The van der Waals surface area contributed by atoms with Gasteiger partial charge in [0.1, 0.15) is 16.6 Å². The molecule has 0 saturated carbocycles. The predicted octanol–water partition coefficient (Wildman–Crippen LogP) is 3.61. The fourth-order valence-electron chi connectivity index (χ4n) is 1.57. The summed E-state index contributed by atoms with van der Waals surface area (Å²) in [5.74, 6) is 0.101. The van der Waals surface area contributed by atoms with Crippen molar-refractivity contribution in [3.8, 4) is 11.6 Å². The van der Waals surface area contributed by atoms with Gasteiger partial charge < -0.3 is 10.5 Å². The van der Waals surface area contributed by atoms with Gasteiger partial charge in [0, 0.05) is 6.20 Å². The van der Waals surface area contributed by atoms with Crippen molar-refractivity contribution >= 4 is 28.8 Å². The van der Waals surface area contributed by atoms with Crippen molar-refractivity contribution in [1.82, 2.24) is 4.98 Å². The minimum Gasteiger partial charge on any atom is -0.437 e. The normalized spacial score (nSPS) is 10.3. The van der Waals surface area contributed by atoms with Crippen molar-refractivity contribution in [3.05, 3.63) is 52.4 Å². The molecular weight excluding hydrogens is 287 g/mol. The topological polar surface area (TPSA) is 48.1 Å². The van der Waals surface area contributed by atoms with Crippen LogP contribution in [0.25, 0.3) is 0 Å². The van der Waals surface area contributed by atoms with Gasteiger partial charge in [-0.3, -0.25) is 0 Å². The van der Waals surface area contributed by atoms with Gasteiger partial charge in [0.15, 0.2) is 0 Å². The maximum Gasteiger partial charge on any atom is 0.229 e. The van der Waals surface area contributed by atoms with Crippen LogP contribution in [0.4, 0.5) is 4.39 Å². The first-order valence-corrected chi connectivity index (χ1v) is 6.16. The maximum atomic E-state index is 13.0. The molecule has 0 aliphatic carbocycles. The van der Waals surface area contributed by atoms with Gasteiger partial charge >= 0.3 is 0 Å². The van der Waals surface area contributed by atoms with Crippen molar-refractivity contribution in [2.24, 2.45) is 5.73 Å². The van der Waals surface area contributed by atoms with Crippen molar-refractivity contribution in [1.29, 1.82) is 0 Å². The van der Waals surface area contributed by atoms with E-state index in [1.807, 2.05) is 6.92 Å². The molecule has 2 rings (SSSR count). The summed E-state index contributed by atoms with van der Waals surface area (Å²) >= 11 is 10.9. The van der Waals surface area contributed by atoms with E-state index in [1.165, 1.54) is 12.1 Å². The zero-order valence-electron chi connectivity index (χ0n) is 9.98. The number of nitrogens with zero attached hydrogens (tertiary/aromatic N) is 1. The second-order valence-electron chi connectivity index (χ2n) is 3.85. The summed E-state index contributed by atoms with van der Waals surface area (Å²) in [6, 6.07) is 5.60. The van der Waals surface area contributed by atoms with Gasteiger partial charge in [-0.05, 0) is 36.8 Å². The third-order valence-electron chi connectivity index (χ3n) is 2.47. The number of nitrogens with two attached hydrogens (primary N) is 1. The largest absolute Gasteiger partial charge is 0.437 e. The second-order valence-corrected chi connectivity index (χ2v) is 4.70. The summed E-state index contributed by atoms with van der Waals surface area (Å²) in [5, 5.41) is 0.150. The van der Waals surface area contributed by atoms with Crippen LogP contribution in [0, 0.1) is 12.7 Å². The number of aryl methyl sites for hydroxylation is 1. The number of hydrogen-bond donors (Lipinski definition) is 1. The standard InChI is InChI=1S/C13H10ClFN2OS/c1-7-4-5-17-13(11(7)12(16)19)18-10-3-2-8(15)6-9(10)14/h2-6H,1H3,(H2,16,19). The Labute approximate surface area is 120 Å². The Bertz CT molecular complexity index is 649. The average Bonchev–Trinajstić information content (AvgIpc) is 2.32. The molecule has 0 aliphatic heterocycles. The molecule has 0 fully saturated rings. The third-order valence-corrected chi connectivity index (χ3v) is 2.97. The van der Waals surface area contributed by atoms with Gasteiger partial charge in [0.05, 0.1) is 10.6 Å². The third kappa shape index (κ3) is 3.00. The van der Waals surface area contributed by atoms with E-state index in [0.29, 0.717) is 11.3 Å². The van der Waals surface area contributed by atoms with E-state index < -0.39 is 5.82 Å². The van der Waals surface area contributed by atoms with Crippen molar-refractivity contribution in [2.75, 3.05) is 0 Å². The minimum atomic E-state index is -0.441. The van der Waals surface area contributed by atoms with E-state index in [-0.39, 0.29) is 15.9 Å². The van der Waals surface area contributed by atoms with Gasteiger partial charge in [-0.15, -0.1) is 0 Å². The van der Waals surface area contributed by atoms with Gasteiger partial charge in [-0.2, -0.15) is 0 Å². The number of thiocarbonyl (C=S) groups is 1. The molecule has 0 unspecified atom stereocenters. The molecule has 3 nitrogen and oxygen atoms in total. The molecular formula is C13H10ClFN2OS. The van der Waals surface area contributed by atoms with E-state index in [2.05, 4.69) is 4.98 Å². The molecule has 2 N–H and O–H groups in total. The van der Waals surface area contributed by atoms with Gasteiger partial charge in [-0.1, -0.05) is 23.8 Å². The van der Waals surface area contributed by atoms with Crippen LogP contribution in [0.2, 0.25) is 5.02 Å². The highest BCUT2D eigenvalue weighted by molar-refractivity contribution is 7.80. The molecule has 0 radical (unpaired) electrons. The van der Waals surface area contributed by atoms with Crippen LogP contribution in [0.15, 0.2) is 30.5 Å². The number of pyridine rings is 1. The zero-order chi connectivity index (χ0) is 14.0. The molecule has 1 aromatic heterocycles. The highest BCUT2D eigenvalue weighted by atomic mass is 35.5.